The molecular weight excluding hydrogens is 500 g/mol. The lowest BCUT2D eigenvalue weighted by Crippen LogP contribution is -2.40. The highest BCUT2D eigenvalue weighted by Crippen LogP contribution is 2.19. The molecule has 4 N–H and O–H groups in total. The second-order valence-corrected chi connectivity index (χ2v) is 9.20. The number of nitrogens with two attached hydrogens (primary N) is 1. The molecule has 1 aliphatic heterocycles. The zero-order chi connectivity index (χ0) is 27.6. The van der Waals surface area contributed by atoms with E-state index in [9.17, 15) is 19.7 Å². The zero-order valence-corrected chi connectivity index (χ0v) is 21.5. The highest BCUT2D eigenvalue weighted by atomic mass is 16.6. The van der Waals surface area contributed by atoms with Gasteiger partial charge >= 0.3 is 6.03 Å². The molecule has 1 fully saturated rings. The van der Waals surface area contributed by atoms with Crippen LogP contribution in [0.1, 0.15) is 22.3 Å². The Morgan fingerprint density at radius 3 is 2.33 bits per heavy atom. The lowest BCUT2D eigenvalue weighted by atomic mass is 10.1. The molecule has 0 unspecified atom stereocenters. The van der Waals surface area contributed by atoms with Gasteiger partial charge in [-0.25, -0.2) is 4.79 Å². The van der Waals surface area contributed by atoms with Crippen molar-refractivity contribution in [3.63, 3.8) is 0 Å². The first kappa shape index (κ1) is 27.6. The predicted molar refractivity (Wildman–Crippen MR) is 150 cm³/mol. The van der Waals surface area contributed by atoms with Gasteiger partial charge in [0.15, 0.2) is 0 Å². The van der Waals surface area contributed by atoms with Gasteiger partial charge in [0.25, 0.3) is 11.6 Å². The third-order valence-corrected chi connectivity index (χ3v) is 6.42. The van der Waals surface area contributed by atoms with Crippen molar-refractivity contribution >= 4 is 34.7 Å². The number of morpholine rings is 1. The van der Waals surface area contributed by atoms with Crippen molar-refractivity contribution in [2.75, 3.05) is 55.8 Å². The number of anilines is 3. The number of hydrogen-bond acceptors (Lipinski definition) is 7. The molecule has 3 amide bonds. The van der Waals surface area contributed by atoms with Crippen LogP contribution >= 0.6 is 0 Å². The minimum absolute atomic E-state index is 0.0468. The predicted octanol–water partition coefficient (Wildman–Crippen LogP) is 4.19. The van der Waals surface area contributed by atoms with Gasteiger partial charge in [-0.05, 0) is 48.4 Å². The van der Waals surface area contributed by atoms with Crippen molar-refractivity contribution in [3.05, 3.63) is 94.0 Å². The van der Waals surface area contributed by atoms with Crippen LogP contribution in [0.5, 0.6) is 0 Å². The number of ether oxygens (including phenoxy) is 1. The number of carbonyl (C=O) groups excluding carboxylic acids is 2. The number of nitrogens with zero attached hydrogens (tertiary/aromatic N) is 3. The number of hydrogen-bond donors (Lipinski definition) is 3. The fraction of sp³-hybridized carbons (Fsp3) is 0.286. The number of nitro benzene ring substituents is 1. The van der Waals surface area contributed by atoms with Crippen LogP contribution in [0.4, 0.5) is 27.5 Å². The van der Waals surface area contributed by atoms with E-state index in [1.54, 1.807) is 41.3 Å². The first-order valence-electron chi connectivity index (χ1n) is 12.7. The monoisotopic (exact) mass is 532 g/mol. The molecule has 0 aromatic heterocycles. The molecule has 11 heteroatoms. The number of carbonyl (C=O) groups is 2. The molecule has 3 aromatic carbocycles. The standard InChI is InChI=1S/C28H32N6O5/c29-25-4-1-2-5-26(25)31-27(35)22-8-6-21(7-9-22)20-33(15-3-14-32-16-18-39-19-17-32)28(36)30-23-10-12-24(13-11-23)34(37)38/h1-2,4-13H,3,14-20,29H2,(H,30,36)(H,31,35). The maximum atomic E-state index is 13.2. The van der Waals surface area contributed by atoms with Crippen molar-refractivity contribution in [3.8, 4) is 0 Å². The summed E-state index contributed by atoms with van der Waals surface area (Å²) in [5.74, 6) is -0.280. The second-order valence-electron chi connectivity index (χ2n) is 9.20. The number of rotatable bonds is 10. The minimum atomic E-state index is -0.484. The van der Waals surface area contributed by atoms with Crippen LogP contribution in [0.2, 0.25) is 0 Å². The zero-order valence-electron chi connectivity index (χ0n) is 21.5. The number of urea groups is 1. The Balaban J connectivity index is 1.41. The van der Waals surface area contributed by atoms with Crippen LogP contribution in [0.15, 0.2) is 72.8 Å². The fourth-order valence-corrected chi connectivity index (χ4v) is 4.22. The SMILES string of the molecule is Nc1ccccc1NC(=O)c1ccc(CN(CCCN2CCOCC2)C(=O)Nc2ccc([N+](=O)[O-])cc2)cc1. The van der Waals surface area contributed by atoms with Gasteiger partial charge < -0.3 is 26.0 Å². The smallest absolute Gasteiger partial charge is 0.322 e. The molecule has 0 saturated carbocycles. The average Bonchev–Trinajstić information content (AvgIpc) is 2.95. The van der Waals surface area contributed by atoms with E-state index >= 15 is 0 Å². The molecule has 0 radical (unpaired) electrons. The summed E-state index contributed by atoms with van der Waals surface area (Å²) in [6.07, 6.45) is 0.771. The van der Waals surface area contributed by atoms with E-state index in [2.05, 4.69) is 15.5 Å². The summed E-state index contributed by atoms with van der Waals surface area (Å²) < 4.78 is 5.41. The van der Waals surface area contributed by atoms with E-state index < -0.39 is 4.92 Å². The van der Waals surface area contributed by atoms with Crippen molar-refractivity contribution in [2.24, 2.45) is 0 Å². The van der Waals surface area contributed by atoms with E-state index in [0.717, 1.165) is 31.6 Å². The van der Waals surface area contributed by atoms with Crippen LogP contribution in [0.25, 0.3) is 0 Å². The van der Waals surface area contributed by atoms with Crippen molar-refractivity contribution in [1.82, 2.24) is 9.80 Å². The molecule has 39 heavy (non-hydrogen) atoms. The van der Waals surface area contributed by atoms with E-state index in [0.29, 0.717) is 48.9 Å². The maximum absolute atomic E-state index is 13.2. The van der Waals surface area contributed by atoms with E-state index in [-0.39, 0.29) is 17.6 Å². The van der Waals surface area contributed by atoms with Crippen LogP contribution in [0, 0.1) is 10.1 Å². The summed E-state index contributed by atoms with van der Waals surface area (Å²) in [4.78, 5) is 40.3. The molecular formula is C28H32N6O5. The van der Waals surface area contributed by atoms with E-state index in [4.69, 9.17) is 10.5 Å². The third-order valence-electron chi connectivity index (χ3n) is 6.42. The molecule has 0 bridgehead atoms. The topological polar surface area (TPSA) is 143 Å². The normalized spacial score (nSPS) is 13.4. The average molecular weight is 533 g/mol. The molecule has 1 aliphatic rings. The lowest BCUT2D eigenvalue weighted by molar-refractivity contribution is -0.384. The molecule has 3 aromatic rings. The van der Waals surface area contributed by atoms with Gasteiger partial charge in [0.05, 0.1) is 29.5 Å². The molecule has 1 saturated heterocycles. The van der Waals surface area contributed by atoms with E-state index in [1.807, 2.05) is 12.1 Å². The largest absolute Gasteiger partial charge is 0.397 e. The number of benzene rings is 3. The number of nitro groups is 1. The minimum Gasteiger partial charge on any atom is -0.397 e. The number of amides is 3. The number of non-ortho nitro benzene ring substituents is 1. The van der Waals surface area contributed by atoms with E-state index in [1.165, 1.54) is 24.3 Å². The highest BCUT2D eigenvalue weighted by molar-refractivity contribution is 6.05. The van der Waals surface area contributed by atoms with Crippen LogP contribution in [-0.2, 0) is 11.3 Å². The van der Waals surface area contributed by atoms with Crippen molar-refractivity contribution in [2.45, 2.75) is 13.0 Å². The van der Waals surface area contributed by atoms with Crippen LogP contribution in [0.3, 0.4) is 0 Å². The third kappa shape index (κ3) is 8.00. The van der Waals surface area contributed by atoms with Gasteiger partial charge in [0.2, 0.25) is 0 Å². The Morgan fingerprint density at radius 1 is 0.974 bits per heavy atom. The molecule has 0 atom stereocenters. The molecule has 204 valence electrons. The molecule has 11 nitrogen and oxygen atoms in total. The van der Waals surface area contributed by atoms with Gasteiger partial charge in [0, 0.05) is 56.1 Å². The first-order valence-corrected chi connectivity index (χ1v) is 12.7. The second kappa shape index (κ2) is 13.4. The quantitative estimate of drug-likeness (QED) is 0.202. The Kier molecular flexibility index (Phi) is 9.44. The van der Waals surface area contributed by atoms with Gasteiger partial charge in [-0.1, -0.05) is 24.3 Å². The number of nitrogen functional groups attached to an aromatic ring is 1. The Bertz CT molecular complexity index is 1280. The van der Waals surface area contributed by atoms with Gasteiger partial charge in [-0.2, -0.15) is 0 Å². The summed E-state index contributed by atoms with van der Waals surface area (Å²) in [5.41, 5.74) is 8.69. The highest BCUT2D eigenvalue weighted by Gasteiger charge is 2.17. The summed E-state index contributed by atoms with van der Waals surface area (Å²) >= 11 is 0. The number of para-hydroxylation sites is 2. The lowest BCUT2D eigenvalue weighted by Gasteiger charge is -2.28. The molecule has 0 aliphatic carbocycles. The van der Waals surface area contributed by atoms with Crippen molar-refractivity contribution < 1.29 is 19.2 Å². The Morgan fingerprint density at radius 2 is 1.67 bits per heavy atom. The van der Waals surface area contributed by atoms with Crippen LogP contribution in [-0.4, -0.2) is 66.1 Å². The first-order chi connectivity index (χ1) is 18.9. The molecule has 0 spiro atoms. The maximum Gasteiger partial charge on any atom is 0.322 e. The Labute approximate surface area is 226 Å². The molecule has 1 heterocycles. The number of nitrogens with one attached hydrogen (secondary N) is 2. The summed E-state index contributed by atoms with van der Waals surface area (Å²) in [5, 5.41) is 16.6. The Hall–Kier alpha value is -4.48. The molecule has 4 rings (SSSR count). The van der Waals surface area contributed by atoms with Gasteiger partial charge in [-0.3, -0.25) is 19.8 Å². The summed E-state index contributed by atoms with van der Waals surface area (Å²) in [7, 11) is 0. The van der Waals surface area contributed by atoms with Crippen molar-refractivity contribution in [1.29, 1.82) is 0 Å². The fourth-order valence-electron chi connectivity index (χ4n) is 4.22. The van der Waals surface area contributed by atoms with Crippen LogP contribution < -0.4 is 16.4 Å². The van der Waals surface area contributed by atoms with Gasteiger partial charge in [-0.15, -0.1) is 0 Å². The summed E-state index contributed by atoms with van der Waals surface area (Å²) in [6, 6.07) is 19.5. The summed E-state index contributed by atoms with van der Waals surface area (Å²) in [6.45, 7) is 4.83. The van der Waals surface area contributed by atoms with Gasteiger partial charge in [0.1, 0.15) is 0 Å².